The van der Waals surface area contributed by atoms with Gasteiger partial charge in [0.25, 0.3) is 0 Å². The number of nitrogen functional groups attached to an aromatic ring is 1. The maximum atomic E-state index is 13.4. The van der Waals surface area contributed by atoms with Crippen molar-refractivity contribution in [2.75, 3.05) is 12.0 Å². The van der Waals surface area contributed by atoms with Gasteiger partial charge in [0.15, 0.2) is 9.84 Å². The van der Waals surface area contributed by atoms with Gasteiger partial charge in [0, 0.05) is 21.7 Å². The Balaban J connectivity index is 2.29. The summed E-state index contributed by atoms with van der Waals surface area (Å²) in [5.74, 6) is -0.545. The van der Waals surface area contributed by atoms with E-state index in [1.54, 1.807) is 12.1 Å². The Kier molecular flexibility index (Phi) is 4.27. The van der Waals surface area contributed by atoms with Crippen LogP contribution in [0.25, 0.3) is 0 Å². The van der Waals surface area contributed by atoms with Crippen LogP contribution < -0.4 is 5.73 Å². The highest BCUT2D eigenvalue weighted by Crippen LogP contribution is 2.35. The van der Waals surface area contributed by atoms with E-state index in [0.29, 0.717) is 10.6 Å². The van der Waals surface area contributed by atoms with Crippen LogP contribution in [0.15, 0.2) is 51.1 Å². The molecule has 20 heavy (non-hydrogen) atoms. The van der Waals surface area contributed by atoms with E-state index in [1.165, 1.54) is 36.0 Å². The van der Waals surface area contributed by atoms with Gasteiger partial charge in [-0.3, -0.25) is 0 Å². The molecule has 2 aromatic rings. The third kappa shape index (κ3) is 3.45. The highest BCUT2D eigenvalue weighted by Gasteiger charge is 2.10. The molecule has 0 aliphatic carbocycles. The SMILES string of the molecule is CS(=O)(=O)c1ccc(Sc2cc(F)c(Cl)cc2N)cc1. The van der Waals surface area contributed by atoms with E-state index >= 15 is 0 Å². The van der Waals surface area contributed by atoms with E-state index in [2.05, 4.69) is 0 Å². The first-order chi connectivity index (χ1) is 9.27. The predicted molar refractivity (Wildman–Crippen MR) is 79.5 cm³/mol. The first kappa shape index (κ1) is 15.2. The quantitative estimate of drug-likeness (QED) is 0.873. The molecule has 2 rings (SSSR count). The van der Waals surface area contributed by atoms with E-state index < -0.39 is 15.7 Å². The highest BCUT2D eigenvalue weighted by molar-refractivity contribution is 7.99. The van der Waals surface area contributed by atoms with Gasteiger partial charge in [-0.25, -0.2) is 12.8 Å². The lowest BCUT2D eigenvalue weighted by Gasteiger charge is -2.07. The van der Waals surface area contributed by atoms with Crippen LogP contribution in [0.3, 0.4) is 0 Å². The van der Waals surface area contributed by atoms with Crippen LogP contribution in [-0.2, 0) is 9.84 Å². The van der Waals surface area contributed by atoms with Gasteiger partial charge < -0.3 is 5.73 Å². The number of sulfone groups is 1. The predicted octanol–water partition coefficient (Wildman–Crippen LogP) is 3.62. The maximum Gasteiger partial charge on any atom is 0.175 e. The Labute approximate surface area is 125 Å². The minimum Gasteiger partial charge on any atom is -0.398 e. The molecule has 0 radical (unpaired) electrons. The van der Waals surface area contributed by atoms with Gasteiger partial charge in [-0.1, -0.05) is 23.4 Å². The van der Waals surface area contributed by atoms with Gasteiger partial charge in [-0.15, -0.1) is 0 Å². The van der Waals surface area contributed by atoms with Crippen LogP contribution in [-0.4, -0.2) is 14.7 Å². The van der Waals surface area contributed by atoms with Gasteiger partial charge in [0.2, 0.25) is 0 Å². The second kappa shape index (κ2) is 5.63. The molecule has 0 amide bonds. The fourth-order valence-electron chi connectivity index (χ4n) is 1.51. The third-order valence-electron chi connectivity index (χ3n) is 2.53. The maximum absolute atomic E-state index is 13.4. The molecule has 2 aromatic carbocycles. The average Bonchev–Trinajstić information content (AvgIpc) is 2.35. The molecule has 0 aromatic heterocycles. The smallest absolute Gasteiger partial charge is 0.175 e. The minimum absolute atomic E-state index is 0.0284. The summed E-state index contributed by atoms with van der Waals surface area (Å²) in [6.45, 7) is 0. The third-order valence-corrected chi connectivity index (χ3v) is 5.03. The van der Waals surface area contributed by atoms with Crippen molar-refractivity contribution in [1.29, 1.82) is 0 Å². The van der Waals surface area contributed by atoms with Crippen LogP contribution in [0, 0.1) is 5.82 Å². The Morgan fingerprint density at radius 1 is 1.20 bits per heavy atom. The highest BCUT2D eigenvalue weighted by atomic mass is 35.5. The number of halogens is 2. The molecule has 0 bridgehead atoms. The molecule has 0 fully saturated rings. The van der Waals surface area contributed by atoms with Crippen LogP contribution in [0.5, 0.6) is 0 Å². The van der Waals surface area contributed by atoms with Gasteiger partial charge in [-0.2, -0.15) is 0 Å². The van der Waals surface area contributed by atoms with Crippen molar-refractivity contribution in [3.8, 4) is 0 Å². The summed E-state index contributed by atoms with van der Waals surface area (Å²) in [4.78, 5) is 1.52. The topological polar surface area (TPSA) is 60.2 Å². The molecule has 0 aliphatic rings. The monoisotopic (exact) mass is 331 g/mol. The van der Waals surface area contributed by atoms with Gasteiger partial charge >= 0.3 is 0 Å². The number of hydrogen-bond donors (Lipinski definition) is 1. The molecule has 0 spiro atoms. The lowest BCUT2D eigenvalue weighted by Crippen LogP contribution is -1.96. The van der Waals surface area contributed by atoms with E-state index in [0.717, 1.165) is 11.2 Å². The summed E-state index contributed by atoms with van der Waals surface area (Å²) in [6.07, 6.45) is 1.14. The Bertz CT molecular complexity index is 746. The van der Waals surface area contributed by atoms with E-state index in [-0.39, 0.29) is 9.92 Å². The molecular formula is C13H11ClFNO2S2. The van der Waals surface area contributed by atoms with Gasteiger partial charge in [0.1, 0.15) is 5.82 Å². The van der Waals surface area contributed by atoms with Crippen LogP contribution >= 0.6 is 23.4 Å². The Morgan fingerprint density at radius 3 is 2.35 bits per heavy atom. The number of benzene rings is 2. The van der Waals surface area contributed by atoms with Crippen molar-refractivity contribution < 1.29 is 12.8 Å². The molecule has 106 valence electrons. The first-order valence-corrected chi connectivity index (χ1v) is 8.58. The summed E-state index contributed by atoms with van der Waals surface area (Å²) in [6, 6.07) is 8.90. The van der Waals surface area contributed by atoms with Crippen molar-refractivity contribution in [3.05, 3.63) is 47.2 Å². The van der Waals surface area contributed by atoms with E-state index in [9.17, 15) is 12.8 Å². The summed E-state index contributed by atoms with van der Waals surface area (Å²) >= 11 is 6.87. The number of anilines is 1. The van der Waals surface area contributed by atoms with Crippen LogP contribution in [0.1, 0.15) is 0 Å². The molecule has 0 saturated heterocycles. The van der Waals surface area contributed by atoms with Gasteiger partial charge in [-0.05, 0) is 36.4 Å². The van der Waals surface area contributed by atoms with Crippen LogP contribution in [0.2, 0.25) is 5.02 Å². The fourth-order valence-corrected chi connectivity index (χ4v) is 3.18. The zero-order valence-corrected chi connectivity index (χ0v) is 12.8. The summed E-state index contributed by atoms with van der Waals surface area (Å²) in [5, 5.41) is -0.0284. The molecule has 7 heteroatoms. The molecule has 3 nitrogen and oxygen atoms in total. The second-order valence-corrected chi connectivity index (χ2v) is 7.69. The molecule has 0 saturated carbocycles. The molecule has 0 atom stereocenters. The molecular weight excluding hydrogens is 321 g/mol. The first-order valence-electron chi connectivity index (χ1n) is 5.50. The summed E-state index contributed by atoms with van der Waals surface area (Å²) < 4.78 is 36.1. The molecule has 0 unspecified atom stereocenters. The summed E-state index contributed by atoms with van der Waals surface area (Å²) in [5.41, 5.74) is 6.14. The van der Waals surface area contributed by atoms with Crippen molar-refractivity contribution in [1.82, 2.24) is 0 Å². The normalized spacial score (nSPS) is 11.6. The summed E-state index contributed by atoms with van der Waals surface area (Å²) in [7, 11) is -3.22. The van der Waals surface area contributed by atoms with Gasteiger partial charge in [0.05, 0.1) is 9.92 Å². The van der Waals surface area contributed by atoms with E-state index in [1.807, 2.05) is 0 Å². The molecule has 0 heterocycles. The molecule has 2 N–H and O–H groups in total. The minimum atomic E-state index is -3.22. The zero-order valence-electron chi connectivity index (χ0n) is 10.4. The van der Waals surface area contributed by atoms with Crippen molar-refractivity contribution in [3.63, 3.8) is 0 Å². The average molecular weight is 332 g/mol. The Morgan fingerprint density at radius 2 is 1.80 bits per heavy atom. The fraction of sp³-hybridized carbons (Fsp3) is 0.0769. The number of hydrogen-bond acceptors (Lipinski definition) is 4. The lowest BCUT2D eigenvalue weighted by atomic mass is 10.3. The molecule has 0 aliphatic heterocycles. The lowest BCUT2D eigenvalue weighted by molar-refractivity contribution is 0.602. The second-order valence-electron chi connectivity index (χ2n) is 4.15. The largest absolute Gasteiger partial charge is 0.398 e. The number of nitrogens with two attached hydrogens (primary N) is 1. The Hall–Kier alpha value is -1.24. The zero-order chi connectivity index (χ0) is 14.9. The van der Waals surface area contributed by atoms with Crippen molar-refractivity contribution >= 4 is 38.9 Å². The van der Waals surface area contributed by atoms with Crippen LogP contribution in [0.4, 0.5) is 10.1 Å². The standard InChI is InChI=1S/C13H11ClFNO2S2/c1-20(17,18)9-4-2-8(3-5-9)19-13-7-11(15)10(14)6-12(13)16/h2-7H,16H2,1H3. The number of rotatable bonds is 3. The van der Waals surface area contributed by atoms with Crippen molar-refractivity contribution in [2.24, 2.45) is 0 Å². The van der Waals surface area contributed by atoms with E-state index in [4.69, 9.17) is 17.3 Å². The van der Waals surface area contributed by atoms with Crippen molar-refractivity contribution in [2.45, 2.75) is 14.7 Å².